The molecule has 2 aromatic rings. The molecule has 0 aliphatic carbocycles. The third-order valence-electron chi connectivity index (χ3n) is 2.90. The minimum atomic E-state index is 0.577. The smallest absolute Gasteiger partial charge is 0.138 e. The number of nitrogens with one attached hydrogen (secondary N) is 1. The van der Waals surface area contributed by atoms with Crippen LogP contribution in [0.15, 0.2) is 48.7 Å². The second-order valence-corrected chi connectivity index (χ2v) is 5.28. The van der Waals surface area contributed by atoms with Crippen LogP contribution in [0.1, 0.15) is 25.1 Å². The molecule has 0 spiro atoms. The molecule has 0 radical (unpaired) electrons. The molecule has 0 saturated carbocycles. The van der Waals surface area contributed by atoms with Gasteiger partial charge in [-0.1, -0.05) is 44.2 Å². The zero-order valence-electron chi connectivity index (χ0n) is 12.2. The van der Waals surface area contributed by atoms with Gasteiger partial charge in [-0.3, -0.25) is 4.98 Å². The van der Waals surface area contributed by atoms with Gasteiger partial charge in [0.15, 0.2) is 0 Å². The summed E-state index contributed by atoms with van der Waals surface area (Å²) in [6.45, 7) is 6.78. The first kappa shape index (κ1) is 14.5. The maximum absolute atomic E-state index is 5.71. The van der Waals surface area contributed by atoms with E-state index in [2.05, 4.69) is 36.3 Å². The van der Waals surface area contributed by atoms with E-state index in [4.69, 9.17) is 4.74 Å². The summed E-state index contributed by atoms with van der Waals surface area (Å²) in [5.41, 5.74) is 2.20. The van der Waals surface area contributed by atoms with Crippen LogP contribution in [0.3, 0.4) is 0 Å². The van der Waals surface area contributed by atoms with E-state index in [9.17, 15) is 0 Å². The van der Waals surface area contributed by atoms with E-state index in [0.717, 1.165) is 30.1 Å². The van der Waals surface area contributed by atoms with Gasteiger partial charge < -0.3 is 10.1 Å². The van der Waals surface area contributed by atoms with Crippen molar-refractivity contribution in [2.75, 3.05) is 6.54 Å². The highest BCUT2D eigenvalue weighted by Gasteiger charge is 1.99. The quantitative estimate of drug-likeness (QED) is 0.837. The van der Waals surface area contributed by atoms with Crippen LogP contribution in [0.25, 0.3) is 0 Å². The Morgan fingerprint density at radius 1 is 1.10 bits per heavy atom. The average molecular weight is 270 g/mol. The Bertz CT molecular complexity index is 494. The van der Waals surface area contributed by atoms with Crippen LogP contribution in [0.5, 0.6) is 5.75 Å². The molecule has 3 nitrogen and oxygen atoms in total. The average Bonchev–Trinajstić information content (AvgIpc) is 2.47. The first-order chi connectivity index (χ1) is 9.74. The molecule has 0 fully saturated rings. The number of pyridine rings is 1. The van der Waals surface area contributed by atoms with Crippen LogP contribution in [0.4, 0.5) is 0 Å². The summed E-state index contributed by atoms with van der Waals surface area (Å²) < 4.78 is 5.71. The number of aromatic nitrogens is 1. The molecular formula is C17H22N2O. The SMILES string of the molecule is CC(C)CNCc1ccc(OCc2ccccc2)cn1. The minimum absolute atomic E-state index is 0.577. The summed E-state index contributed by atoms with van der Waals surface area (Å²) in [7, 11) is 0. The van der Waals surface area contributed by atoms with Gasteiger partial charge in [0, 0.05) is 6.54 Å². The number of nitrogens with zero attached hydrogens (tertiary/aromatic N) is 1. The van der Waals surface area contributed by atoms with Gasteiger partial charge in [0.05, 0.1) is 11.9 Å². The van der Waals surface area contributed by atoms with Gasteiger partial charge in [-0.05, 0) is 30.2 Å². The van der Waals surface area contributed by atoms with Gasteiger partial charge in [-0.15, -0.1) is 0 Å². The lowest BCUT2D eigenvalue weighted by Crippen LogP contribution is -2.19. The minimum Gasteiger partial charge on any atom is -0.487 e. The molecule has 1 aromatic carbocycles. The van der Waals surface area contributed by atoms with E-state index < -0.39 is 0 Å². The first-order valence-electron chi connectivity index (χ1n) is 7.06. The predicted octanol–water partition coefficient (Wildman–Crippen LogP) is 3.41. The molecule has 20 heavy (non-hydrogen) atoms. The van der Waals surface area contributed by atoms with Crippen molar-refractivity contribution in [2.24, 2.45) is 5.92 Å². The lowest BCUT2D eigenvalue weighted by molar-refractivity contribution is 0.304. The van der Waals surface area contributed by atoms with E-state index in [-0.39, 0.29) is 0 Å². The second-order valence-electron chi connectivity index (χ2n) is 5.28. The van der Waals surface area contributed by atoms with E-state index in [1.54, 1.807) is 6.20 Å². The highest BCUT2D eigenvalue weighted by molar-refractivity contribution is 5.21. The number of ether oxygens (including phenoxy) is 1. The van der Waals surface area contributed by atoms with Crippen LogP contribution in [0, 0.1) is 5.92 Å². The Balaban J connectivity index is 1.79. The van der Waals surface area contributed by atoms with Crippen LogP contribution < -0.4 is 10.1 Å². The Labute approximate surface area is 121 Å². The molecule has 0 saturated heterocycles. The molecular weight excluding hydrogens is 248 g/mol. The molecule has 0 aliphatic rings. The first-order valence-corrected chi connectivity index (χ1v) is 7.06. The summed E-state index contributed by atoms with van der Waals surface area (Å²) in [5.74, 6) is 1.46. The summed E-state index contributed by atoms with van der Waals surface area (Å²) in [5, 5.41) is 3.38. The van der Waals surface area contributed by atoms with E-state index in [1.165, 1.54) is 0 Å². The van der Waals surface area contributed by atoms with Crippen molar-refractivity contribution < 1.29 is 4.74 Å². The van der Waals surface area contributed by atoms with E-state index in [1.807, 2.05) is 30.3 Å². The summed E-state index contributed by atoms with van der Waals surface area (Å²) >= 11 is 0. The molecule has 0 amide bonds. The summed E-state index contributed by atoms with van der Waals surface area (Å²) in [6, 6.07) is 14.1. The summed E-state index contributed by atoms with van der Waals surface area (Å²) in [6.07, 6.45) is 1.79. The lowest BCUT2D eigenvalue weighted by Gasteiger charge is -2.08. The number of hydrogen-bond donors (Lipinski definition) is 1. The standard InChI is InChI=1S/C17H22N2O/c1-14(2)10-18-11-16-8-9-17(12-19-16)20-13-15-6-4-3-5-7-15/h3-9,12,14,18H,10-11,13H2,1-2H3. The number of rotatable bonds is 7. The number of hydrogen-bond acceptors (Lipinski definition) is 3. The van der Waals surface area contributed by atoms with E-state index >= 15 is 0 Å². The molecule has 0 atom stereocenters. The Kier molecular flexibility index (Phi) is 5.56. The fourth-order valence-corrected chi connectivity index (χ4v) is 1.83. The zero-order valence-corrected chi connectivity index (χ0v) is 12.2. The van der Waals surface area contributed by atoms with Gasteiger partial charge >= 0.3 is 0 Å². The van der Waals surface area contributed by atoms with Gasteiger partial charge in [0.25, 0.3) is 0 Å². The molecule has 2 rings (SSSR count). The van der Waals surface area contributed by atoms with Gasteiger partial charge in [0.1, 0.15) is 12.4 Å². The Morgan fingerprint density at radius 2 is 1.90 bits per heavy atom. The van der Waals surface area contributed by atoms with Crippen molar-refractivity contribution >= 4 is 0 Å². The second kappa shape index (κ2) is 7.65. The molecule has 1 aromatic heterocycles. The molecule has 3 heteroatoms. The lowest BCUT2D eigenvalue weighted by atomic mass is 10.2. The van der Waals surface area contributed by atoms with Crippen LogP contribution >= 0.6 is 0 Å². The molecule has 1 heterocycles. The van der Waals surface area contributed by atoms with Crippen molar-refractivity contribution in [1.29, 1.82) is 0 Å². The van der Waals surface area contributed by atoms with Gasteiger partial charge in [-0.2, -0.15) is 0 Å². The molecule has 0 aliphatic heterocycles. The highest BCUT2D eigenvalue weighted by atomic mass is 16.5. The molecule has 0 unspecified atom stereocenters. The van der Waals surface area contributed by atoms with E-state index in [0.29, 0.717) is 12.5 Å². The maximum Gasteiger partial charge on any atom is 0.138 e. The monoisotopic (exact) mass is 270 g/mol. The Hall–Kier alpha value is -1.87. The highest BCUT2D eigenvalue weighted by Crippen LogP contribution is 2.11. The number of benzene rings is 1. The topological polar surface area (TPSA) is 34.1 Å². The van der Waals surface area contributed by atoms with Crippen LogP contribution in [0.2, 0.25) is 0 Å². The van der Waals surface area contributed by atoms with Crippen molar-refractivity contribution in [3.63, 3.8) is 0 Å². The van der Waals surface area contributed by atoms with Crippen molar-refractivity contribution in [1.82, 2.24) is 10.3 Å². The van der Waals surface area contributed by atoms with Crippen molar-refractivity contribution in [3.8, 4) is 5.75 Å². The van der Waals surface area contributed by atoms with Crippen LogP contribution in [-0.2, 0) is 13.2 Å². The maximum atomic E-state index is 5.71. The normalized spacial score (nSPS) is 10.8. The van der Waals surface area contributed by atoms with Crippen molar-refractivity contribution in [2.45, 2.75) is 27.0 Å². The van der Waals surface area contributed by atoms with Crippen molar-refractivity contribution in [3.05, 3.63) is 59.9 Å². The van der Waals surface area contributed by atoms with Gasteiger partial charge in [0.2, 0.25) is 0 Å². The fourth-order valence-electron chi connectivity index (χ4n) is 1.83. The summed E-state index contributed by atoms with van der Waals surface area (Å²) in [4.78, 5) is 4.40. The molecule has 1 N–H and O–H groups in total. The third-order valence-corrected chi connectivity index (χ3v) is 2.90. The predicted molar refractivity (Wildman–Crippen MR) is 81.6 cm³/mol. The van der Waals surface area contributed by atoms with Crippen LogP contribution in [-0.4, -0.2) is 11.5 Å². The third kappa shape index (κ3) is 5.02. The largest absolute Gasteiger partial charge is 0.487 e. The Morgan fingerprint density at radius 3 is 2.55 bits per heavy atom. The fraction of sp³-hybridized carbons (Fsp3) is 0.353. The van der Waals surface area contributed by atoms with Gasteiger partial charge in [-0.25, -0.2) is 0 Å². The molecule has 0 bridgehead atoms. The zero-order chi connectivity index (χ0) is 14.2. The molecule has 106 valence electrons.